The Morgan fingerprint density at radius 3 is 2.45 bits per heavy atom. The van der Waals surface area contributed by atoms with E-state index < -0.39 is 24.5 Å². The summed E-state index contributed by atoms with van der Waals surface area (Å²) < 4.78 is 76.1. The topological polar surface area (TPSA) is 36.9 Å². The Kier molecular flexibility index (Phi) is 5.99. The predicted molar refractivity (Wildman–Crippen MR) is 104 cm³/mol. The fourth-order valence-electron chi connectivity index (χ4n) is 3.14. The summed E-state index contributed by atoms with van der Waals surface area (Å²) in [5, 5.41) is 0. The second-order valence-corrected chi connectivity index (χ2v) is 6.90. The highest BCUT2D eigenvalue weighted by Gasteiger charge is 2.41. The Morgan fingerprint density at radius 2 is 1.68 bits per heavy atom. The molecule has 0 spiro atoms. The van der Waals surface area contributed by atoms with Crippen molar-refractivity contribution in [3.05, 3.63) is 83.7 Å². The van der Waals surface area contributed by atoms with Crippen molar-refractivity contribution in [2.45, 2.75) is 18.7 Å². The lowest BCUT2D eigenvalue weighted by Crippen LogP contribution is -2.25. The van der Waals surface area contributed by atoms with Crippen LogP contribution >= 0.6 is 0 Å². The van der Waals surface area contributed by atoms with Gasteiger partial charge in [0, 0.05) is 0 Å². The number of hydrogen-bond acceptors (Lipinski definition) is 4. The van der Waals surface area contributed by atoms with Crippen LogP contribution in [0.4, 0.5) is 17.6 Å². The maximum absolute atomic E-state index is 14.1. The van der Waals surface area contributed by atoms with Crippen LogP contribution in [0.3, 0.4) is 0 Å². The molecule has 0 aromatic heterocycles. The smallest absolute Gasteiger partial charge is 0.397 e. The van der Waals surface area contributed by atoms with Crippen LogP contribution in [0.15, 0.2) is 66.7 Å². The van der Waals surface area contributed by atoms with Gasteiger partial charge in [0.05, 0.1) is 13.2 Å². The van der Waals surface area contributed by atoms with Gasteiger partial charge in [-0.25, -0.2) is 4.39 Å². The van der Waals surface area contributed by atoms with Gasteiger partial charge in [-0.05, 0) is 47.5 Å². The second kappa shape index (κ2) is 8.85. The van der Waals surface area contributed by atoms with E-state index in [1.165, 1.54) is 36.4 Å². The van der Waals surface area contributed by atoms with Gasteiger partial charge >= 0.3 is 6.18 Å². The maximum Gasteiger partial charge on any atom is 0.397 e. The molecule has 0 aliphatic carbocycles. The van der Waals surface area contributed by atoms with E-state index >= 15 is 0 Å². The fraction of sp³-hybridized carbons (Fsp3) is 0.217. The first kappa shape index (κ1) is 21.0. The minimum Gasteiger partial charge on any atom is -0.454 e. The maximum atomic E-state index is 14.1. The third-order valence-electron chi connectivity index (χ3n) is 4.71. The molecular weight excluding hydrogens is 416 g/mol. The molecule has 1 atom stereocenters. The van der Waals surface area contributed by atoms with Gasteiger partial charge in [0.1, 0.15) is 11.7 Å². The van der Waals surface area contributed by atoms with Crippen LogP contribution in [0.5, 0.6) is 23.0 Å². The molecule has 0 N–H and O–H groups in total. The second-order valence-electron chi connectivity index (χ2n) is 6.90. The standard InChI is InChI=1S/C23H18F4O4/c24-19-8-6-15(10-21(19)31-17-4-2-1-3-5-17)12-28-13-18(23(25,26)27)16-7-9-20-22(11-16)30-14-29-20/h1-11,18H,12-14H2. The summed E-state index contributed by atoms with van der Waals surface area (Å²) in [5.74, 6) is -1.34. The third kappa shape index (κ3) is 5.08. The van der Waals surface area contributed by atoms with Crippen LogP contribution in [0.25, 0.3) is 0 Å². The summed E-state index contributed by atoms with van der Waals surface area (Å²) in [5.41, 5.74) is 0.503. The summed E-state index contributed by atoms with van der Waals surface area (Å²) in [6.45, 7) is -0.762. The Balaban J connectivity index is 1.43. The molecule has 1 aliphatic rings. The van der Waals surface area contributed by atoms with Crippen molar-refractivity contribution in [2.75, 3.05) is 13.4 Å². The summed E-state index contributed by atoms with van der Waals surface area (Å²) in [4.78, 5) is 0. The normalized spacial score (nSPS) is 13.8. The SMILES string of the molecule is Fc1ccc(COCC(c2ccc3c(c2)OCO3)C(F)(F)F)cc1Oc1ccccc1. The molecule has 0 saturated carbocycles. The van der Waals surface area contributed by atoms with E-state index in [1.807, 2.05) is 0 Å². The molecule has 1 unspecified atom stereocenters. The molecule has 1 aliphatic heterocycles. The lowest BCUT2D eigenvalue weighted by atomic mass is 9.99. The zero-order chi connectivity index (χ0) is 21.8. The van der Waals surface area contributed by atoms with Gasteiger partial charge in [0.15, 0.2) is 23.1 Å². The molecule has 0 fully saturated rings. The number of benzene rings is 3. The lowest BCUT2D eigenvalue weighted by Gasteiger charge is -2.21. The van der Waals surface area contributed by atoms with E-state index in [4.69, 9.17) is 18.9 Å². The molecule has 0 bridgehead atoms. The van der Waals surface area contributed by atoms with Crippen molar-refractivity contribution in [3.63, 3.8) is 0 Å². The van der Waals surface area contributed by atoms with Crippen molar-refractivity contribution in [2.24, 2.45) is 0 Å². The van der Waals surface area contributed by atoms with Crippen molar-refractivity contribution in [1.82, 2.24) is 0 Å². The van der Waals surface area contributed by atoms with E-state index in [0.29, 0.717) is 17.1 Å². The third-order valence-corrected chi connectivity index (χ3v) is 4.71. The molecule has 3 aromatic rings. The Bertz CT molecular complexity index is 1040. The number of hydrogen-bond donors (Lipinski definition) is 0. The van der Waals surface area contributed by atoms with Gasteiger partial charge in [-0.15, -0.1) is 0 Å². The molecule has 8 heteroatoms. The summed E-state index contributed by atoms with van der Waals surface area (Å²) in [6.07, 6.45) is -4.52. The van der Waals surface area contributed by atoms with Crippen LogP contribution in [-0.4, -0.2) is 19.6 Å². The van der Waals surface area contributed by atoms with Crippen molar-refractivity contribution in [3.8, 4) is 23.0 Å². The average molecular weight is 434 g/mol. The molecule has 0 radical (unpaired) electrons. The molecule has 31 heavy (non-hydrogen) atoms. The molecule has 0 amide bonds. The number of rotatable bonds is 7. The monoisotopic (exact) mass is 434 g/mol. The first-order valence-electron chi connectivity index (χ1n) is 9.45. The minimum atomic E-state index is -4.52. The lowest BCUT2D eigenvalue weighted by molar-refractivity contribution is -0.163. The van der Waals surface area contributed by atoms with Crippen LogP contribution < -0.4 is 14.2 Å². The Morgan fingerprint density at radius 1 is 0.903 bits per heavy atom. The highest BCUT2D eigenvalue weighted by molar-refractivity contribution is 5.45. The van der Waals surface area contributed by atoms with Crippen molar-refractivity contribution in [1.29, 1.82) is 0 Å². The van der Waals surface area contributed by atoms with Crippen LogP contribution in [0, 0.1) is 5.82 Å². The average Bonchev–Trinajstić information content (AvgIpc) is 3.21. The highest BCUT2D eigenvalue weighted by Crippen LogP contribution is 2.40. The molecule has 0 saturated heterocycles. The van der Waals surface area contributed by atoms with Crippen LogP contribution in [0.1, 0.15) is 17.0 Å². The summed E-state index contributed by atoms with van der Waals surface area (Å²) in [6, 6.07) is 16.8. The van der Waals surface area contributed by atoms with Crippen molar-refractivity contribution >= 4 is 0 Å². The van der Waals surface area contributed by atoms with E-state index in [-0.39, 0.29) is 30.5 Å². The molecular formula is C23H18F4O4. The van der Waals surface area contributed by atoms with Gasteiger partial charge in [0.25, 0.3) is 0 Å². The number of fused-ring (bicyclic) bond motifs is 1. The first-order chi connectivity index (χ1) is 14.9. The molecule has 4 rings (SSSR count). The zero-order valence-corrected chi connectivity index (χ0v) is 16.2. The van der Waals surface area contributed by atoms with Gasteiger partial charge in [-0.3, -0.25) is 0 Å². The van der Waals surface area contributed by atoms with Crippen molar-refractivity contribution < 1.29 is 36.5 Å². The van der Waals surface area contributed by atoms with E-state index in [9.17, 15) is 17.6 Å². The first-order valence-corrected chi connectivity index (χ1v) is 9.45. The van der Waals surface area contributed by atoms with Gasteiger partial charge < -0.3 is 18.9 Å². The Hall–Kier alpha value is -3.26. The highest BCUT2D eigenvalue weighted by atomic mass is 19.4. The van der Waals surface area contributed by atoms with Crippen LogP contribution in [-0.2, 0) is 11.3 Å². The number of para-hydroxylation sites is 1. The minimum absolute atomic E-state index is 0.0176. The molecule has 162 valence electrons. The predicted octanol–water partition coefficient (Wildman–Crippen LogP) is 6.21. The Labute approximate surface area is 175 Å². The molecule has 1 heterocycles. The van der Waals surface area contributed by atoms with E-state index in [0.717, 1.165) is 0 Å². The molecule has 4 nitrogen and oxygen atoms in total. The number of alkyl halides is 3. The number of halogens is 4. The number of ether oxygens (including phenoxy) is 4. The largest absolute Gasteiger partial charge is 0.454 e. The summed E-state index contributed by atoms with van der Waals surface area (Å²) in [7, 11) is 0. The van der Waals surface area contributed by atoms with E-state index in [1.54, 1.807) is 30.3 Å². The summed E-state index contributed by atoms with van der Waals surface area (Å²) >= 11 is 0. The van der Waals surface area contributed by atoms with E-state index in [2.05, 4.69) is 0 Å². The quantitative estimate of drug-likeness (QED) is 0.415. The van der Waals surface area contributed by atoms with Gasteiger partial charge in [-0.2, -0.15) is 13.2 Å². The zero-order valence-electron chi connectivity index (χ0n) is 16.2. The van der Waals surface area contributed by atoms with Gasteiger partial charge in [0.2, 0.25) is 6.79 Å². The fourth-order valence-corrected chi connectivity index (χ4v) is 3.14. The molecule has 3 aromatic carbocycles. The van der Waals surface area contributed by atoms with Crippen LogP contribution in [0.2, 0.25) is 0 Å². The van der Waals surface area contributed by atoms with Gasteiger partial charge in [-0.1, -0.05) is 30.3 Å².